The molecule has 2 nitrogen and oxygen atoms in total. The lowest BCUT2D eigenvalue weighted by atomic mass is 10.2. The van der Waals surface area contributed by atoms with Gasteiger partial charge in [-0.1, -0.05) is 26.5 Å². The van der Waals surface area contributed by atoms with Gasteiger partial charge in [0.2, 0.25) is 0 Å². The summed E-state index contributed by atoms with van der Waals surface area (Å²) < 4.78 is 5.22. The molecular formula is C10H19NO. The van der Waals surface area contributed by atoms with Crippen LogP contribution in [0.15, 0.2) is 24.4 Å². The fraction of sp³-hybridized carbons (Fsp3) is 0.600. The maximum Gasteiger partial charge on any atom is 0.129 e. The first kappa shape index (κ1) is 11.2. The minimum absolute atomic E-state index is 0.0497. The van der Waals surface area contributed by atoms with Crippen molar-refractivity contribution in [3.63, 3.8) is 0 Å². The predicted molar refractivity (Wildman–Crippen MR) is 52.7 cm³/mol. The molecule has 0 aromatic rings. The van der Waals surface area contributed by atoms with E-state index in [1.807, 2.05) is 19.1 Å². The van der Waals surface area contributed by atoms with Crippen molar-refractivity contribution in [2.24, 2.45) is 5.92 Å². The topological polar surface area (TPSA) is 21.3 Å². The lowest BCUT2D eigenvalue weighted by Gasteiger charge is -2.21. The Morgan fingerprint density at radius 3 is 2.42 bits per heavy atom. The first-order valence-electron chi connectivity index (χ1n) is 4.22. The van der Waals surface area contributed by atoms with E-state index < -0.39 is 0 Å². The number of hydrogen-bond donors (Lipinski definition) is 1. The van der Waals surface area contributed by atoms with Crippen LogP contribution in [-0.2, 0) is 4.74 Å². The molecule has 12 heavy (non-hydrogen) atoms. The molecule has 0 aromatic heterocycles. The maximum atomic E-state index is 5.22. The smallest absolute Gasteiger partial charge is 0.129 e. The van der Waals surface area contributed by atoms with Gasteiger partial charge < -0.3 is 10.1 Å². The van der Waals surface area contributed by atoms with Crippen LogP contribution in [0, 0.1) is 5.92 Å². The Labute approximate surface area is 75.3 Å². The zero-order chi connectivity index (χ0) is 9.56. The van der Waals surface area contributed by atoms with Gasteiger partial charge in [-0.2, -0.15) is 0 Å². The van der Waals surface area contributed by atoms with Crippen LogP contribution >= 0.6 is 0 Å². The Balaban J connectivity index is 3.94. The molecule has 0 rings (SSSR count). The van der Waals surface area contributed by atoms with Gasteiger partial charge in [0.15, 0.2) is 0 Å². The van der Waals surface area contributed by atoms with Crippen molar-refractivity contribution < 1.29 is 4.74 Å². The monoisotopic (exact) mass is 169 g/mol. The molecule has 0 aliphatic heterocycles. The molecule has 1 atom stereocenters. The quantitative estimate of drug-likeness (QED) is 0.503. The number of allylic oxidation sites excluding steroid dienone is 2. The third-order valence-electron chi connectivity index (χ3n) is 1.55. The van der Waals surface area contributed by atoms with Gasteiger partial charge in [0.1, 0.15) is 6.23 Å². The normalized spacial score (nSPS) is 13.8. The summed E-state index contributed by atoms with van der Waals surface area (Å²) in [6.07, 6.45) is 3.92. The molecule has 0 amide bonds. The molecule has 0 aromatic carbocycles. The van der Waals surface area contributed by atoms with E-state index in [0.29, 0.717) is 5.92 Å². The summed E-state index contributed by atoms with van der Waals surface area (Å²) in [5.74, 6) is 0.442. The zero-order valence-corrected chi connectivity index (χ0v) is 8.42. The van der Waals surface area contributed by atoms with Crippen molar-refractivity contribution in [2.75, 3.05) is 7.11 Å². The van der Waals surface area contributed by atoms with Crippen LogP contribution in [0.2, 0.25) is 0 Å². The molecule has 0 aliphatic rings. The Hall–Kier alpha value is -0.760. The molecule has 70 valence electrons. The van der Waals surface area contributed by atoms with E-state index in [1.165, 1.54) is 0 Å². The van der Waals surface area contributed by atoms with Gasteiger partial charge in [-0.15, -0.1) is 0 Å². The zero-order valence-electron chi connectivity index (χ0n) is 8.42. The molecule has 0 radical (unpaired) electrons. The highest BCUT2D eigenvalue weighted by molar-refractivity contribution is 5.11. The average Bonchev–Trinajstić information content (AvgIpc) is 2.00. The number of methoxy groups -OCH3 is 1. The summed E-state index contributed by atoms with van der Waals surface area (Å²) in [4.78, 5) is 0. The Bertz CT molecular complexity index is 161. The second kappa shape index (κ2) is 5.84. The molecule has 0 bridgehead atoms. The van der Waals surface area contributed by atoms with Crippen LogP contribution in [0.25, 0.3) is 0 Å². The van der Waals surface area contributed by atoms with E-state index in [2.05, 4.69) is 25.7 Å². The molecule has 2 heteroatoms. The summed E-state index contributed by atoms with van der Waals surface area (Å²) >= 11 is 0. The van der Waals surface area contributed by atoms with E-state index >= 15 is 0 Å². The van der Waals surface area contributed by atoms with Gasteiger partial charge >= 0.3 is 0 Å². The van der Waals surface area contributed by atoms with Crippen LogP contribution in [0.4, 0.5) is 0 Å². The lowest BCUT2D eigenvalue weighted by molar-refractivity contribution is 0.0466. The van der Waals surface area contributed by atoms with Crippen molar-refractivity contribution in [1.29, 1.82) is 0 Å². The molecule has 1 N–H and O–H groups in total. The molecule has 0 heterocycles. The second-order valence-corrected chi connectivity index (χ2v) is 3.07. The lowest BCUT2D eigenvalue weighted by Crippen LogP contribution is -2.34. The molecule has 0 fully saturated rings. The molecule has 0 aliphatic carbocycles. The maximum absolute atomic E-state index is 5.22. The second-order valence-electron chi connectivity index (χ2n) is 3.07. The van der Waals surface area contributed by atoms with E-state index in [0.717, 1.165) is 5.70 Å². The summed E-state index contributed by atoms with van der Waals surface area (Å²) in [5, 5.41) is 3.16. The molecular weight excluding hydrogens is 150 g/mol. The summed E-state index contributed by atoms with van der Waals surface area (Å²) in [6, 6.07) is 0. The minimum Gasteiger partial charge on any atom is -0.362 e. The average molecular weight is 169 g/mol. The van der Waals surface area contributed by atoms with Crippen molar-refractivity contribution in [3.05, 3.63) is 24.4 Å². The molecule has 0 unspecified atom stereocenters. The van der Waals surface area contributed by atoms with Gasteiger partial charge in [-0.05, 0) is 18.9 Å². The van der Waals surface area contributed by atoms with Crippen LogP contribution in [0.3, 0.4) is 0 Å². The largest absolute Gasteiger partial charge is 0.362 e. The third-order valence-corrected chi connectivity index (χ3v) is 1.55. The Morgan fingerprint density at radius 1 is 1.50 bits per heavy atom. The van der Waals surface area contributed by atoms with E-state index in [9.17, 15) is 0 Å². The summed E-state index contributed by atoms with van der Waals surface area (Å²) in [5.41, 5.74) is 0.887. The Morgan fingerprint density at radius 2 is 2.08 bits per heavy atom. The fourth-order valence-corrected chi connectivity index (χ4v) is 0.930. The van der Waals surface area contributed by atoms with Crippen LogP contribution < -0.4 is 5.32 Å². The first-order chi connectivity index (χ1) is 5.61. The van der Waals surface area contributed by atoms with Crippen LogP contribution in [-0.4, -0.2) is 13.3 Å². The molecule has 0 saturated heterocycles. The van der Waals surface area contributed by atoms with Gasteiger partial charge in [-0.25, -0.2) is 0 Å². The molecule has 0 spiro atoms. The van der Waals surface area contributed by atoms with E-state index in [-0.39, 0.29) is 6.23 Å². The minimum atomic E-state index is 0.0497. The highest BCUT2D eigenvalue weighted by Gasteiger charge is 2.10. The standard InChI is InChI=1S/C10H19NO/c1-6-7-9(4)11-10(12-5)8(2)3/h6-8,10-11H,4H2,1-3,5H3/b7-6-/t10-/m1/s1. The summed E-state index contributed by atoms with van der Waals surface area (Å²) in [6.45, 7) is 10.0. The fourth-order valence-electron chi connectivity index (χ4n) is 0.930. The van der Waals surface area contributed by atoms with Crippen molar-refractivity contribution >= 4 is 0 Å². The van der Waals surface area contributed by atoms with Crippen molar-refractivity contribution in [1.82, 2.24) is 5.32 Å². The van der Waals surface area contributed by atoms with Crippen molar-refractivity contribution in [3.8, 4) is 0 Å². The highest BCUT2D eigenvalue weighted by Crippen LogP contribution is 2.04. The van der Waals surface area contributed by atoms with Gasteiger partial charge in [-0.3, -0.25) is 0 Å². The van der Waals surface area contributed by atoms with Gasteiger partial charge in [0, 0.05) is 12.8 Å². The van der Waals surface area contributed by atoms with Gasteiger partial charge in [0.05, 0.1) is 0 Å². The number of ether oxygens (including phenoxy) is 1. The predicted octanol–water partition coefficient (Wildman–Crippen LogP) is 2.29. The third kappa shape index (κ3) is 4.19. The van der Waals surface area contributed by atoms with Crippen LogP contribution in [0.1, 0.15) is 20.8 Å². The SMILES string of the molecule is C=C(/C=C\C)N[C@H](OC)C(C)C. The number of rotatable bonds is 5. The van der Waals surface area contributed by atoms with Crippen LogP contribution in [0.5, 0.6) is 0 Å². The van der Waals surface area contributed by atoms with E-state index in [1.54, 1.807) is 7.11 Å². The van der Waals surface area contributed by atoms with Gasteiger partial charge in [0.25, 0.3) is 0 Å². The van der Waals surface area contributed by atoms with E-state index in [4.69, 9.17) is 4.74 Å². The highest BCUT2D eigenvalue weighted by atomic mass is 16.5. The number of hydrogen-bond acceptors (Lipinski definition) is 2. The van der Waals surface area contributed by atoms with Crippen molar-refractivity contribution in [2.45, 2.75) is 27.0 Å². The number of nitrogens with one attached hydrogen (secondary N) is 1. The molecule has 0 saturated carbocycles. The Kier molecular flexibility index (Phi) is 5.47. The first-order valence-corrected chi connectivity index (χ1v) is 4.22. The summed E-state index contributed by atoms with van der Waals surface area (Å²) in [7, 11) is 1.70.